The highest BCUT2D eigenvalue weighted by atomic mass is 32.2. The van der Waals surface area contributed by atoms with Gasteiger partial charge in [0, 0.05) is 43.9 Å². The molecule has 3 aromatic rings. The van der Waals surface area contributed by atoms with Gasteiger partial charge in [0.15, 0.2) is 0 Å². The maximum atomic E-state index is 13.2. The van der Waals surface area contributed by atoms with E-state index < -0.39 is 27.7 Å². The molecule has 0 saturated carbocycles. The van der Waals surface area contributed by atoms with Gasteiger partial charge in [-0.1, -0.05) is 36.4 Å². The molecule has 2 amide bonds. The third kappa shape index (κ3) is 6.10. The summed E-state index contributed by atoms with van der Waals surface area (Å²) in [5, 5.41) is 0. The van der Waals surface area contributed by atoms with Crippen LogP contribution in [0.4, 0.5) is 4.39 Å². The number of hydrogen-bond donors (Lipinski definition) is 2. The lowest BCUT2D eigenvalue weighted by molar-refractivity contribution is 0.0846. The first kappa shape index (κ1) is 24.5. The molecule has 8 nitrogen and oxygen atoms in total. The van der Waals surface area contributed by atoms with Crippen molar-refractivity contribution in [3.8, 4) is 0 Å². The number of hydrogen-bond acceptors (Lipinski definition) is 5. The summed E-state index contributed by atoms with van der Waals surface area (Å²) in [6.45, 7) is 2.65. The van der Waals surface area contributed by atoms with E-state index in [1.54, 1.807) is 0 Å². The molecule has 182 valence electrons. The summed E-state index contributed by atoms with van der Waals surface area (Å²) >= 11 is 0. The highest BCUT2D eigenvalue weighted by Gasteiger charge is 2.29. The quantitative estimate of drug-likeness (QED) is 0.511. The van der Waals surface area contributed by atoms with E-state index in [0.717, 1.165) is 18.7 Å². The van der Waals surface area contributed by atoms with Crippen LogP contribution in [-0.4, -0.2) is 55.6 Å². The third-order valence-electron chi connectivity index (χ3n) is 5.71. The van der Waals surface area contributed by atoms with Crippen molar-refractivity contribution in [1.82, 2.24) is 20.1 Å². The average molecular weight is 497 g/mol. The van der Waals surface area contributed by atoms with Gasteiger partial charge in [-0.15, -0.1) is 0 Å². The molecule has 0 atom stereocenters. The van der Waals surface area contributed by atoms with Gasteiger partial charge in [-0.3, -0.25) is 25.3 Å². The van der Waals surface area contributed by atoms with Gasteiger partial charge in [0.2, 0.25) is 10.0 Å². The number of carbonyl (C=O) groups excluding carboxylic acids is 2. The van der Waals surface area contributed by atoms with Crippen LogP contribution in [0, 0.1) is 5.82 Å². The van der Waals surface area contributed by atoms with Crippen LogP contribution >= 0.6 is 0 Å². The zero-order chi connectivity index (χ0) is 24.8. The molecule has 35 heavy (non-hydrogen) atoms. The summed E-state index contributed by atoms with van der Waals surface area (Å²) in [6.07, 6.45) is 0. The number of hydrazine groups is 1. The molecule has 1 heterocycles. The van der Waals surface area contributed by atoms with E-state index in [0.29, 0.717) is 26.2 Å². The van der Waals surface area contributed by atoms with Crippen molar-refractivity contribution < 1.29 is 22.4 Å². The number of halogens is 1. The van der Waals surface area contributed by atoms with Crippen LogP contribution in [0.25, 0.3) is 0 Å². The Balaban J connectivity index is 1.36. The van der Waals surface area contributed by atoms with Crippen LogP contribution in [0.1, 0.15) is 26.3 Å². The first-order valence-electron chi connectivity index (χ1n) is 11.1. The molecule has 1 aliphatic rings. The van der Waals surface area contributed by atoms with Crippen LogP contribution < -0.4 is 10.9 Å². The molecule has 0 radical (unpaired) electrons. The molecule has 0 aromatic heterocycles. The summed E-state index contributed by atoms with van der Waals surface area (Å²) in [5.41, 5.74) is 5.90. The van der Waals surface area contributed by atoms with E-state index in [1.807, 2.05) is 30.3 Å². The lowest BCUT2D eigenvalue weighted by atomic mass is 10.2. The maximum Gasteiger partial charge on any atom is 0.269 e. The first-order chi connectivity index (χ1) is 16.8. The number of benzene rings is 3. The molecule has 1 fully saturated rings. The Kier molecular flexibility index (Phi) is 7.54. The van der Waals surface area contributed by atoms with Crippen molar-refractivity contribution in [3.05, 3.63) is 101 Å². The molecule has 2 N–H and O–H groups in total. The third-order valence-corrected chi connectivity index (χ3v) is 7.60. The minimum Gasteiger partial charge on any atom is -0.296 e. The molecular formula is C25H25FN4O4S. The molecule has 0 bridgehead atoms. The molecule has 0 spiro atoms. The first-order valence-corrected chi connectivity index (χ1v) is 12.5. The maximum absolute atomic E-state index is 13.2. The molecule has 4 rings (SSSR count). The van der Waals surface area contributed by atoms with E-state index >= 15 is 0 Å². The monoisotopic (exact) mass is 496 g/mol. The van der Waals surface area contributed by atoms with Gasteiger partial charge in [-0.05, 0) is 48.0 Å². The summed E-state index contributed by atoms with van der Waals surface area (Å²) in [5.74, 6) is -1.79. The molecule has 1 aliphatic heterocycles. The summed E-state index contributed by atoms with van der Waals surface area (Å²) in [6, 6.07) is 20.5. The Hall–Kier alpha value is -3.60. The van der Waals surface area contributed by atoms with Crippen LogP contribution in [0.2, 0.25) is 0 Å². The fourth-order valence-corrected chi connectivity index (χ4v) is 5.24. The summed E-state index contributed by atoms with van der Waals surface area (Å²) in [4.78, 5) is 26.8. The number of carbonyl (C=O) groups is 2. The number of piperazine rings is 1. The van der Waals surface area contributed by atoms with E-state index in [1.165, 1.54) is 46.3 Å². The number of rotatable bonds is 6. The van der Waals surface area contributed by atoms with Gasteiger partial charge in [0.05, 0.1) is 4.90 Å². The fraction of sp³-hybridized carbons (Fsp3) is 0.200. The standard InChI is InChI=1S/C25H25FN4O4S/c26-22-11-9-20(10-12-22)24(31)27-28-25(32)21-7-4-8-23(17-21)35(33,34)30-15-13-29(14-16-30)18-19-5-2-1-3-6-19/h1-12,17H,13-16,18H2,(H,27,31)(H,28,32). The van der Waals surface area contributed by atoms with Crippen molar-refractivity contribution in [2.24, 2.45) is 0 Å². The topological polar surface area (TPSA) is 98.8 Å². The second-order valence-electron chi connectivity index (χ2n) is 8.11. The zero-order valence-corrected chi connectivity index (χ0v) is 19.7. The van der Waals surface area contributed by atoms with E-state index in [-0.39, 0.29) is 16.0 Å². The summed E-state index contributed by atoms with van der Waals surface area (Å²) in [7, 11) is -3.79. The number of nitrogens with zero attached hydrogens (tertiary/aromatic N) is 2. The van der Waals surface area contributed by atoms with Crippen molar-refractivity contribution in [1.29, 1.82) is 0 Å². The molecule has 10 heteroatoms. The van der Waals surface area contributed by atoms with Crippen molar-refractivity contribution in [3.63, 3.8) is 0 Å². The Morgan fingerprint density at radius 1 is 0.771 bits per heavy atom. The normalized spacial score (nSPS) is 14.9. The molecule has 1 saturated heterocycles. The molecule has 0 unspecified atom stereocenters. The number of amides is 2. The molecular weight excluding hydrogens is 471 g/mol. The lowest BCUT2D eigenvalue weighted by Crippen LogP contribution is -2.48. The minimum absolute atomic E-state index is 0.00604. The molecule has 0 aliphatic carbocycles. The lowest BCUT2D eigenvalue weighted by Gasteiger charge is -2.34. The second-order valence-corrected chi connectivity index (χ2v) is 10.0. The van der Waals surface area contributed by atoms with Gasteiger partial charge in [-0.2, -0.15) is 4.31 Å². The summed E-state index contributed by atoms with van der Waals surface area (Å²) < 4.78 is 40.8. The van der Waals surface area contributed by atoms with Gasteiger partial charge in [-0.25, -0.2) is 12.8 Å². The van der Waals surface area contributed by atoms with Crippen LogP contribution in [0.5, 0.6) is 0 Å². The van der Waals surface area contributed by atoms with E-state index in [2.05, 4.69) is 15.8 Å². The highest BCUT2D eigenvalue weighted by molar-refractivity contribution is 7.89. The predicted molar refractivity (Wildman–Crippen MR) is 128 cm³/mol. The average Bonchev–Trinajstić information content (AvgIpc) is 2.88. The zero-order valence-electron chi connectivity index (χ0n) is 18.9. The van der Waals surface area contributed by atoms with Crippen molar-refractivity contribution in [2.75, 3.05) is 26.2 Å². The number of sulfonamides is 1. The Morgan fingerprint density at radius 3 is 2.06 bits per heavy atom. The molecule has 3 aromatic carbocycles. The van der Waals surface area contributed by atoms with Crippen molar-refractivity contribution >= 4 is 21.8 Å². The second kappa shape index (κ2) is 10.8. The van der Waals surface area contributed by atoms with Crippen LogP contribution in [0.15, 0.2) is 83.8 Å². The Morgan fingerprint density at radius 2 is 1.40 bits per heavy atom. The number of nitrogens with one attached hydrogen (secondary N) is 2. The highest BCUT2D eigenvalue weighted by Crippen LogP contribution is 2.20. The van der Waals surface area contributed by atoms with Gasteiger partial charge in [0.1, 0.15) is 5.82 Å². The SMILES string of the molecule is O=C(NNC(=O)c1cccc(S(=O)(=O)N2CCN(Cc3ccccc3)CC2)c1)c1ccc(F)cc1. The predicted octanol–water partition coefficient (Wildman–Crippen LogP) is 2.41. The van der Waals surface area contributed by atoms with Crippen LogP contribution in [-0.2, 0) is 16.6 Å². The van der Waals surface area contributed by atoms with Gasteiger partial charge >= 0.3 is 0 Å². The van der Waals surface area contributed by atoms with E-state index in [9.17, 15) is 22.4 Å². The van der Waals surface area contributed by atoms with E-state index in [4.69, 9.17) is 0 Å². The smallest absolute Gasteiger partial charge is 0.269 e. The Labute approximate surface area is 203 Å². The van der Waals surface area contributed by atoms with Gasteiger partial charge in [0.25, 0.3) is 11.8 Å². The van der Waals surface area contributed by atoms with Crippen LogP contribution in [0.3, 0.4) is 0 Å². The fourth-order valence-electron chi connectivity index (χ4n) is 3.78. The van der Waals surface area contributed by atoms with Gasteiger partial charge < -0.3 is 0 Å². The van der Waals surface area contributed by atoms with Crippen molar-refractivity contribution in [2.45, 2.75) is 11.4 Å². The minimum atomic E-state index is -3.79. The Bertz CT molecular complexity index is 1290. The largest absolute Gasteiger partial charge is 0.296 e.